The highest BCUT2D eigenvalue weighted by atomic mass is 16.6. The Labute approximate surface area is 133 Å². The first-order valence-corrected chi connectivity index (χ1v) is 7.28. The van der Waals surface area contributed by atoms with Crippen molar-refractivity contribution >= 4 is 23.3 Å². The summed E-state index contributed by atoms with van der Waals surface area (Å²) in [6, 6.07) is 10.7. The Morgan fingerprint density at radius 2 is 1.96 bits per heavy atom. The van der Waals surface area contributed by atoms with E-state index in [9.17, 15) is 9.59 Å². The fourth-order valence-electron chi connectivity index (χ4n) is 2.41. The topological polar surface area (TPSA) is 61.4 Å². The smallest absolute Gasteiger partial charge is 0.418 e. The number of rotatable bonds is 2. The number of ether oxygens (including phenoxy) is 1. The minimum absolute atomic E-state index is 0.267. The lowest BCUT2D eigenvalue weighted by molar-refractivity contribution is 0.0544. The van der Waals surface area contributed by atoms with Crippen molar-refractivity contribution < 1.29 is 18.7 Å². The number of aromatic nitrogens is 1. The molecule has 1 aromatic carbocycles. The Morgan fingerprint density at radius 3 is 2.61 bits per heavy atom. The Kier molecular flexibility index (Phi) is 3.56. The molecular formula is C18H17NO4. The van der Waals surface area contributed by atoms with Crippen LogP contribution in [0.4, 0.5) is 4.79 Å². The number of hydrogen-bond acceptors (Lipinski definition) is 4. The minimum atomic E-state index is -0.564. The van der Waals surface area contributed by atoms with Gasteiger partial charge in [-0.25, -0.2) is 4.79 Å². The second kappa shape index (κ2) is 5.43. The van der Waals surface area contributed by atoms with Crippen LogP contribution in [0.3, 0.4) is 0 Å². The van der Waals surface area contributed by atoms with E-state index in [0.717, 1.165) is 16.5 Å². The lowest BCUT2D eigenvalue weighted by Crippen LogP contribution is -2.26. The number of furan rings is 1. The first kappa shape index (κ1) is 15.1. The Bertz CT molecular complexity index is 880. The zero-order valence-electron chi connectivity index (χ0n) is 13.2. The predicted octanol–water partition coefficient (Wildman–Crippen LogP) is 4.50. The first-order chi connectivity index (χ1) is 10.9. The normalized spacial score (nSPS) is 11.6. The van der Waals surface area contributed by atoms with Gasteiger partial charge >= 0.3 is 6.09 Å². The molecule has 3 aromatic rings. The van der Waals surface area contributed by atoms with Crippen LogP contribution in [0, 0.1) is 0 Å². The predicted molar refractivity (Wildman–Crippen MR) is 86.7 cm³/mol. The highest BCUT2D eigenvalue weighted by Crippen LogP contribution is 2.30. The van der Waals surface area contributed by atoms with Crippen molar-refractivity contribution in [1.29, 1.82) is 0 Å². The molecule has 5 nitrogen and oxygen atoms in total. The van der Waals surface area contributed by atoms with E-state index in [-0.39, 0.29) is 5.76 Å². The molecule has 0 aliphatic heterocycles. The number of carbonyl (C=O) groups excluding carboxylic acids is 2. The molecule has 5 heteroatoms. The summed E-state index contributed by atoms with van der Waals surface area (Å²) in [7, 11) is 0. The largest absolute Gasteiger partial charge is 0.453 e. The van der Waals surface area contributed by atoms with Gasteiger partial charge < -0.3 is 9.15 Å². The number of benzene rings is 1. The first-order valence-electron chi connectivity index (χ1n) is 7.28. The molecule has 118 valence electrons. The molecule has 0 N–H and O–H groups in total. The van der Waals surface area contributed by atoms with Crippen LogP contribution in [0.1, 0.15) is 31.3 Å². The molecule has 0 bridgehead atoms. The second-order valence-corrected chi connectivity index (χ2v) is 6.22. The molecule has 0 saturated heterocycles. The Morgan fingerprint density at radius 1 is 1.17 bits per heavy atom. The van der Waals surface area contributed by atoms with E-state index in [4.69, 9.17) is 9.15 Å². The van der Waals surface area contributed by atoms with E-state index < -0.39 is 11.7 Å². The van der Waals surface area contributed by atoms with E-state index >= 15 is 0 Å². The fourth-order valence-corrected chi connectivity index (χ4v) is 2.41. The van der Waals surface area contributed by atoms with E-state index in [2.05, 4.69) is 0 Å². The lowest BCUT2D eigenvalue weighted by Gasteiger charge is -2.19. The van der Waals surface area contributed by atoms with Crippen LogP contribution >= 0.6 is 0 Å². The molecule has 23 heavy (non-hydrogen) atoms. The van der Waals surface area contributed by atoms with Crippen LogP contribution in [0.25, 0.3) is 22.2 Å². The van der Waals surface area contributed by atoms with Crippen molar-refractivity contribution in [2.75, 3.05) is 0 Å². The zero-order chi connectivity index (χ0) is 16.6. The summed E-state index contributed by atoms with van der Waals surface area (Å²) in [5, 5.41) is 0.852. The Hall–Kier alpha value is -2.82. The fraction of sp³-hybridized carbons (Fsp3) is 0.222. The molecule has 2 aromatic heterocycles. The summed E-state index contributed by atoms with van der Waals surface area (Å²) in [5.74, 6) is 0.850. The molecule has 0 fully saturated rings. The molecule has 0 saturated carbocycles. The summed E-state index contributed by atoms with van der Waals surface area (Å²) in [4.78, 5) is 23.1. The molecule has 0 amide bonds. The third kappa shape index (κ3) is 2.90. The van der Waals surface area contributed by atoms with Gasteiger partial charge in [0.2, 0.25) is 0 Å². The standard InChI is InChI=1S/C18H17NO4/c1-18(2,3)23-17(21)19-10-9-13-14(5-4-6-15(13)19)16-8-7-12(11-20)22-16/h4-11H,1-3H3. The maximum Gasteiger partial charge on any atom is 0.418 e. The van der Waals surface area contributed by atoms with Crippen molar-refractivity contribution in [3.8, 4) is 11.3 Å². The van der Waals surface area contributed by atoms with E-state index in [1.165, 1.54) is 4.57 Å². The van der Waals surface area contributed by atoms with E-state index in [1.54, 1.807) is 18.3 Å². The lowest BCUT2D eigenvalue weighted by atomic mass is 10.1. The maximum absolute atomic E-state index is 12.3. The third-order valence-corrected chi connectivity index (χ3v) is 3.33. The quantitative estimate of drug-likeness (QED) is 0.654. The van der Waals surface area contributed by atoms with Crippen LogP contribution in [0.15, 0.2) is 47.0 Å². The zero-order valence-corrected chi connectivity index (χ0v) is 13.2. The van der Waals surface area contributed by atoms with Crippen molar-refractivity contribution in [2.45, 2.75) is 26.4 Å². The van der Waals surface area contributed by atoms with Crippen LogP contribution in [0.2, 0.25) is 0 Å². The summed E-state index contributed by atoms with van der Waals surface area (Å²) in [6.07, 6.45) is 1.90. The Balaban J connectivity index is 2.07. The van der Waals surface area contributed by atoms with E-state index in [1.807, 2.05) is 45.0 Å². The van der Waals surface area contributed by atoms with Crippen LogP contribution < -0.4 is 0 Å². The molecule has 0 unspecified atom stereocenters. The molecule has 0 atom stereocenters. The van der Waals surface area contributed by atoms with Gasteiger partial charge in [-0.05, 0) is 45.0 Å². The molecule has 0 aliphatic carbocycles. The second-order valence-electron chi connectivity index (χ2n) is 6.22. The summed E-state index contributed by atoms with van der Waals surface area (Å²) >= 11 is 0. The summed E-state index contributed by atoms with van der Waals surface area (Å²) in [5.41, 5.74) is 0.976. The number of aldehydes is 1. The van der Waals surface area contributed by atoms with Gasteiger partial charge in [0, 0.05) is 17.1 Å². The summed E-state index contributed by atoms with van der Waals surface area (Å²) < 4.78 is 12.4. The van der Waals surface area contributed by atoms with Gasteiger partial charge in [-0.2, -0.15) is 0 Å². The highest BCUT2D eigenvalue weighted by molar-refractivity contribution is 5.98. The van der Waals surface area contributed by atoms with Crippen molar-refractivity contribution in [3.05, 3.63) is 48.4 Å². The average molecular weight is 311 g/mol. The molecule has 0 aliphatic rings. The molecule has 2 heterocycles. The third-order valence-electron chi connectivity index (χ3n) is 3.33. The van der Waals surface area contributed by atoms with Gasteiger partial charge in [-0.1, -0.05) is 12.1 Å². The van der Waals surface area contributed by atoms with E-state index in [0.29, 0.717) is 12.0 Å². The maximum atomic E-state index is 12.3. The van der Waals surface area contributed by atoms with Gasteiger partial charge in [-0.3, -0.25) is 9.36 Å². The molecule has 0 spiro atoms. The van der Waals surface area contributed by atoms with Gasteiger partial charge in [0.05, 0.1) is 5.52 Å². The van der Waals surface area contributed by atoms with Crippen LogP contribution in [-0.2, 0) is 4.74 Å². The van der Waals surface area contributed by atoms with Crippen LogP contribution in [0.5, 0.6) is 0 Å². The number of carbonyl (C=O) groups is 2. The van der Waals surface area contributed by atoms with Crippen LogP contribution in [-0.4, -0.2) is 22.5 Å². The van der Waals surface area contributed by atoms with Crippen molar-refractivity contribution in [1.82, 2.24) is 4.57 Å². The molecule has 3 rings (SSSR count). The summed E-state index contributed by atoms with van der Waals surface area (Å²) in [6.45, 7) is 5.48. The SMILES string of the molecule is CC(C)(C)OC(=O)n1ccc2c(-c3ccc(C=O)o3)cccc21. The van der Waals surface area contributed by atoms with Gasteiger partial charge in [0.1, 0.15) is 11.4 Å². The van der Waals surface area contributed by atoms with Gasteiger partial charge in [0.25, 0.3) is 0 Å². The minimum Gasteiger partial charge on any atom is -0.453 e. The van der Waals surface area contributed by atoms with Crippen molar-refractivity contribution in [3.63, 3.8) is 0 Å². The van der Waals surface area contributed by atoms with Gasteiger partial charge in [-0.15, -0.1) is 0 Å². The monoisotopic (exact) mass is 311 g/mol. The van der Waals surface area contributed by atoms with Gasteiger partial charge in [0.15, 0.2) is 12.0 Å². The number of nitrogens with zero attached hydrogens (tertiary/aromatic N) is 1. The molecular weight excluding hydrogens is 294 g/mol. The number of fused-ring (bicyclic) bond motifs is 1. The average Bonchev–Trinajstić information content (AvgIpc) is 3.11. The van der Waals surface area contributed by atoms with Crippen molar-refractivity contribution in [2.24, 2.45) is 0 Å². The number of hydrogen-bond donors (Lipinski definition) is 0. The highest BCUT2D eigenvalue weighted by Gasteiger charge is 2.20. The molecule has 0 radical (unpaired) electrons.